The summed E-state index contributed by atoms with van der Waals surface area (Å²) in [5, 5.41) is 2.74. The lowest BCUT2D eigenvalue weighted by Crippen LogP contribution is -2.63. The van der Waals surface area contributed by atoms with Gasteiger partial charge in [-0.2, -0.15) is 8.78 Å². The normalized spacial score (nSPS) is 16.7. The fraction of sp³-hybridized carbons (Fsp3) is 0.381. The van der Waals surface area contributed by atoms with Crippen molar-refractivity contribution in [2.75, 3.05) is 11.5 Å². The fourth-order valence-electron chi connectivity index (χ4n) is 4.13. The minimum atomic E-state index is -3.14. The molecule has 1 amide bonds. The quantitative estimate of drug-likeness (QED) is 0.579. The largest absolute Gasteiger partial charge is 0.435 e. The lowest BCUT2D eigenvalue weighted by atomic mass is 10.1. The van der Waals surface area contributed by atoms with Crippen LogP contribution in [0.15, 0.2) is 41.3 Å². The second-order valence-electron chi connectivity index (χ2n) is 8.56. The van der Waals surface area contributed by atoms with Crippen LogP contribution in [0, 0.1) is 0 Å². The molecule has 1 aromatic carbocycles. The molecule has 1 saturated heterocycles. The molecule has 33 heavy (non-hydrogen) atoms. The molecule has 2 aromatic heterocycles. The first-order valence-electron chi connectivity index (χ1n) is 10.1. The maximum Gasteiger partial charge on any atom is 0.387 e. The highest BCUT2D eigenvalue weighted by Crippen LogP contribution is 2.26. The van der Waals surface area contributed by atoms with Crippen molar-refractivity contribution in [1.82, 2.24) is 19.4 Å². The maximum absolute atomic E-state index is 13.2. The van der Waals surface area contributed by atoms with Crippen LogP contribution in [0.4, 0.5) is 8.78 Å². The molecule has 0 saturated carbocycles. The van der Waals surface area contributed by atoms with Gasteiger partial charge in [0.15, 0.2) is 9.84 Å². The van der Waals surface area contributed by atoms with Crippen molar-refractivity contribution < 1.29 is 26.7 Å². The van der Waals surface area contributed by atoms with Crippen LogP contribution in [0.25, 0.3) is 16.9 Å². The van der Waals surface area contributed by atoms with Crippen LogP contribution < -0.4 is 15.7 Å². The molecule has 0 unspecified atom stereocenters. The van der Waals surface area contributed by atoms with Crippen LogP contribution >= 0.6 is 0 Å². The summed E-state index contributed by atoms with van der Waals surface area (Å²) in [4.78, 5) is 30.2. The monoisotopic (exact) mass is 480 g/mol. The van der Waals surface area contributed by atoms with Gasteiger partial charge in [-0.15, -0.1) is 0 Å². The van der Waals surface area contributed by atoms with Crippen molar-refractivity contribution in [3.05, 3.63) is 52.6 Å². The van der Waals surface area contributed by atoms with E-state index in [4.69, 9.17) is 0 Å². The predicted molar refractivity (Wildman–Crippen MR) is 117 cm³/mol. The molecule has 0 atom stereocenters. The van der Waals surface area contributed by atoms with Gasteiger partial charge in [-0.25, -0.2) is 22.8 Å². The van der Waals surface area contributed by atoms with Crippen LogP contribution in [0.1, 0.15) is 37.2 Å². The van der Waals surface area contributed by atoms with Crippen LogP contribution in [-0.4, -0.2) is 52.1 Å². The van der Waals surface area contributed by atoms with E-state index < -0.39 is 33.6 Å². The molecule has 3 aromatic rings. The average Bonchev–Trinajstić information content (AvgIpc) is 2.96. The summed E-state index contributed by atoms with van der Waals surface area (Å²) in [5.41, 5.74) is -0.192. The SMILES string of the molecule is CC(C)n1c(=O)n(-c2cc(OC(F)F)ccn2)c2ccc(C(=O)NC3(C)CS(=O)(=O)C3)cc21. The van der Waals surface area contributed by atoms with Gasteiger partial charge in [0.2, 0.25) is 0 Å². The van der Waals surface area contributed by atoms with Crippen molar-refractivity contribution in [3.63, 3.8) is 0 Å². The van der Waals surface area contributed by atoms with Gasteiger partial charge in [0.1, 0.15) is 11.6 Å². The van der Waals surface area contributed by atoms with Gasteiger partial charge in [-0.05, 0) is 45.0 Å². The summed E-state index contributed by atoms with van der Waals surface area (Å²) in [6.07, 6.45) is 1.26. The number of pyridine rings is 1. The standard InChI is InChI=1S/C21H22F2N4O5S/c1-12(2)26-16-8-13(18(28)25-21(3)10-33(30,31)11-21)4-5-15(16)27(20(26)29)17-9-14(6-7-24-17)32-19(22)23/h4-9,12,19H,10-11H2,1-3H3,(H,25,28). The Hall–Kier alpha value is -3.28. The van der Waals surface area contributed by atoms with Crippen LogP contribution in [-0.2, 0) is 9.84 Å². The minimum absolute atomic E-state index is 0.0898. The summed E-state index contributed by atoms with van der Waals surface area (Å²) in [6, 6.07) is 6.82. The summed E-state index contributed by atoms with van der Waals surface area (Å²) in [6.45, 7) is 2.22. The Bertz CT molecular complexity index is 1400. The number of carbonyl (C=O) groups excluding carboxylic acids is 1. The van der Waals surface area contributed by atoms with Gasteiger partial charge < -0.3 is 10.1 Å². The third-order valence-corrected chi connectivity index (χ3v) is 7.47. The van der Waals surface area contributed by atoms with E-state index in [0.717, 1.165) is 0 Å². The number of carbonyl (C=O) groups is 1. The number of imidazole rings is 1. The number of nitrogens with one attached hydrogen (secondary N) is 1. The summed E-state index contributed by atoms with van der Waals surface area (Å²) in [7, 11) is -3.14. The molecular weight excluding hydrogens is 458 g/mol. The first-order chi connectivity index (χ1) is 15.4. The van der Waals surface area contributed by atoms with Gasteiger partial charge in [0, 0.05) is 23.9 Å². The van der Waals surface area contributed by atoms with Crippen LogP contribution in [0.2, 0.25) is 0 Å². The number of hydrogen-bond acceptors (Lipinski definition) is 6. The molecule has 0 radical (unpaired) electrons. The zero-order valence-corrected chi connectivity index (χ0v) is 18.9. The predicted octanol–water partition coefficient (Wildman–Crippen LogP) is 2.29. The van der Waals surface area contributed by atoms with Gasteiger partial charge in [0.05, 0.1) is 28.1 Å². The number of fused-ring (bicyclic) bond motifs is 1. The Kier molecular flexibility index (Phi) is 5.51. The topological polar surface area (TPSA) is 112 Å². The summed E-state index contributed by atoms with van der Waals surface area (Å²) >= 11 is 0. The first kappa shape index (κ1) is 22.9. The maximum atomic E-state index is 13.2. The Morgan fingerprint density at radius 3 is 2.48 bits per heavy atom. The lowest BCUT2D eigenvalue weighted by Gasteiger charge is -2.38. The van der Waals surface area contributed by atoms with E-state index in [1.165, 1.54) is 33.5 Å². The third-order valence-electron chi connectivity index (χ3n) is 5.32. The van der Waals surface area contributed by atoms with Gasteiger partial charge in [-0.1, -0.05) is 0 Å². The van der Waals surface area contributed by atoms with E-state index in [2.05, 4.69) is 15.0 Å². The van der Waals surface area contributed by atoms with Crippen LogP contribution in [0.5, 0.6) is 5.75 Å². The molecule has 1 N–H and O–H groups in total. The summed E-state index contributed by atoms with van der Waals surface area (Å²) < 4.78 is 55.4. The number of rotatable bonds is 6. The Morgan fingerprint density at radius 2 is 1.88 bits per heavy atom. The molecular formula is C21H22F2N4O5S. The molecule has 0 spiro atoms. The van der Waals surface area contributed by atoms with E-state index in [1.807, 2.05) is 0 Å². The van der Waals surface area contributed by atoms with Crippen molar-refractivity contribution >= 4 is 26.8 Å². The number of sulfone groups is 1. The lowest BCUT2D eigenvalue weighted by molar-refractivity contribution is -0.0498. The molecule has 0 bridgehead atoms. The molecule has 0 aliphatic carbocycles. The molecule has 176 valence electrons. The molecule has 3 heterocycles. The number of aromatic nitrogens is 3. The molecule has 12 heteroatoms. The van der Waals surface area contributed by atoms with Crippen molar-refractivity contribution in [2.24, 2.45) is 0 Å². The number of amides is 1. The molecule has 9 nitrogen and oxygen atoms in total. The van der Waals surface area contributed by atoms with E-state index in [0.29, 0.717) is 11.0 Å². The minimum Gasteiger partial charge on any atom is -0.435 e. The van der Waals surface area contributed by atoms with Crippen molar-refractivity contribution in [1.29, 1.82) is 0 Å². The number of alkyl halides is 2. The van der Waals surface area contributed by atoms with E-state index in [1.54, 1.807) is 32.9 Å². The first-order valence-corrected chi connectivity index (χ1v) is 11.9. The fourth-order valence-corrected chi connectivity index (χ4v) is 6.13. The Labute approximate surface area is 187 Å². The molecule has 1 aliphatic heterocycles. The van der Waals surface area contributed by atoms with E-state index in [9.17, 15) is 26.8 Å². The molecule has 1 fully saturated rings. The average molecular weight is 480 g/mol. The third kappa shape index (κ3) is 4.34. The number of nitrogens with zero attached hydrogens (tertiary/aromatic N) is 3. The number of benzene rings is 1. The second-order valence-corrected chi connectivity index (χ2v) is 10.6. The van der Waals surface area contributed by atoms with Gasteiger partial charge in [-0.3, -0.25) is 9.36 Å². The van der Waals surface area contributed by atoms with Gasteiger partial charge in [0.25, 0.3) is 5.91 Å². The van der Waals surface area contributed by atoms with Gasteiger partial charge >= 0.3 is 12.3 Å². The Balaban J connectivity index is 1.78. The highest BCUT2D eigenvalue weighted by Gasteiger charge is 2.45. The molecule has 1 aliphatic rings. The smallest absolute Gasteiger partial charge is 0.387 e. The van der Waals surface area contributed by atoms with E-state index in [-0.39, 0.29) is 34.7 Å². The zero-order chi connectivity index (χ0) is 24.1. The Morgan fingerprint density at radius 1 is 1.18 bits per heavy atom. The van der Waals surface area contributed by atoms with E-state index >= 15 is 0 Å². The van der Waals surface area contributed by atoms with Crippen molar-refractivity contribution in [3.8, 4) is 11.6 Å². The number of hydrogen-bond donors (Lipinski definition) is 1. The highest BCUT2D eigenvalue weighted by molar-refractivity contribution is 7.93. The number of ether oxygens (including phenoxy) is 1. The summed E-state index contributed by atoms with van der Waals surface area (Å²) in [5.74, 6) is -0.790. The zero-order valence-electron chi connectivity index (χ0n) is 18.1. The second kappa shape index (κ2) is 7.94. The number of halogens is 2. The molecule has 4 rings (SSSR count). The van der Waals surface area contributed by atoms with Crippen LogP contribution in [0.3, 0.4) is 0 Å². The van der Waals surface area contributed by atoms with Crippen molar-refractivity contribution in [2.45, 2.75) is 39.0 Å². The highest BCUT2D eigenvalue weighted by atomic mass is 32.2.